The monoisotopic (exact) mass is 1330 g/mol. The van der Waals surface area contributed by atoms with Crippen LogP contribution in [0.3, 0.4) is 0 Å². The zero-order valence-corrected chi connectivity index (χ0v) is 45.5. The second kappa shape index (κ2) is 73.2. The third-order valence-electron chi connectivity index (χ3n) is 8.94. The molecule has 1 aliphatic rings. The minimum Gasteiger partial charge on any atom is -0.693 e. The summed E-state index contributed by atoms with van der Waals surface area (Å²) >= 11 is -0.472. The summed E-state index contributed by atoms with van der Waals surface area (Å²) in [5, 5.41) is 46.6. The summed E-state index contributed by atoms with van der Waals surface area (Å²) in [5.41, 5.74) is 14.6. The fourth-order valence-corrected chi connectivity index (χ4v) is 5.72. The first-order valence-corrected chi connectivity index (χ1v) is 28.0. The van der Waals surface area contributed by atoms with Gasteiger partial charge in [-0.25, -0.2) is 9.59 Å². The molecule has 0 heterocycles. The number of rotatable bonds is 28. The number of carboxylic acid groups (broad SMARTS) is 6. The van der Waals surface area contributed by atoms with E-state index in [9.17, 15) is 9.59 Å². The van der Waals surface area contributed by atoms with Crippen LogP contribution in [0.4, 0.5) is 0 Å². The van der Waals surface area contributed by atoms with E-state index in [1.54, 1.807) is 0 Å². The number of unbranched alkanes of at least 4 members (excludes halogenated alkanes) is 24. The van der Waals surface area contributed by atoms with E-state index in [1.165, 1.54) is 154 Å². The molecule has 64 heavy (non-hydrogen) atoms. The van der Waals surface area contributed by atoms with Gasteiger partial charge in [0.25, 0.3) is 11.9 Å². The Labute approximate surface area is 418 Å². The number of carbonyl (C=O) groups is 6. The van der Waals surface area contributed by atoms with Crippen LogP contribution in [0.15, 0.2) is 0 Å². The molecule has 0 saturated heterocycles. The number of nitrogens with one attached hydrogen (secondary N) is 2. The molecule has 392 valence electrons. The van der Waals surface area contributed by atoms with Gasteiger partial charge in [0, 0.05) is 26.7 Å². The molecule has 16 nitrogen and oxygen atoms in total. The number of halogens is 2. The van der Waals surface area contributed by atoms with Crippen LogP contribution < -0.4 is 0 Å². The van der Waals surface area contributed by atoms with Gasteiger partial charge in [-0.3, -0.25) is 19.2 Å². The van der Waals surface area contributed by atoms with Crippen molar-refractivity contribution in [2.45, 2.75) is 245 Å². The number of aliphatic carboxylic acids is 6. The minimum atomic E-state index is -1.82. The summed E-state index contributed by atoms with van der Waals surface area (Å²) in [5.74, 6) is -6.62. The van der Waals surface area contributed by atoms with Crippen LogP contribution in [-0.4, -0.2) is 78.5 Å². The van der Waals surface area contributed by atoms with Crippen LogP contribution in [-0.2, 0) is 66.3 Å². The number of hydrogen-bond acceptors (Lipinski definition) is 6. The Hall–Kier alpha value is -1.38. The molecule has 12 N–H and O–H groups in total. The molecule has 2 unspecified atom stereocenters. The molecule has 0 bridgehead atoms. The van der Waals surface area contributed by atoms with E-state index < -0.39 is 52.3 Å². The third kappa shape index (κ3) is 113. The molecule has 0 spiro atoms. The number of hydrogen-bond donors (Lipinski definition) is 6. The summed E-state index contributed by atoms with van der Waals surface area (Å²) < 4.78 is 0. The fraction of sp³-hybridized carbons (Fsp3) is 0.864. The Kier molecular flexibility index (Phi) is 94.6. The number of carboxylic acids is 6. The molecule has 0 aromatic carbocycles. The normalized spacial score (nSPS) is 12.8. The van der Waals surface area contributed by atoms with Crippen LogP contribution in [0, 0.1) is 0 Å². The van der Waals surface area contributed by atoms with Gasteiger partial charge in [-0.2, -0.15) is 12.1 Å². The van der Waals surface area contributed by atoms with Crippen LogP contribution >= 0.6 is 18.8 Å². The van der Waals surface area contributed by atoms with Crippen LogP contribution in [0.25, 0.3) is 23.8 Å². The summed E-state index contributed by atoms with van der Waals surface area (Å²) in [6, 6.07) is -0.160. The van der Waals surface area contributed by atoms with E-state index >= 15 is 0 Å². The van der Waals surface area contributed by atoms with Gasteiger partial charge < -0.3 is 54.4 Å². The van der Waals surface area contributed by atoms with Gasteiger partial charge in [-0.05, 0) is 12.8 Å². The maximum absolute atomic E-state index is 10.3. The maximum atomic E-state index is 10.3. The Morgan fingerprint density at radius 2 is 0.594 bits per heavy atom. The van der Waals surface area contributed by atoms with Crippen molar-refractivity contribution < 1.29 is 97.0 Å². The topological polar surface area (TPSA) is 338 Å². The standard InChI is InChI=1S/2C16H32O2.C6H12N2.C2H2O4.2C2H4O2.2ClH.2H2N.2Pt/c2*1-2-3-4-5-6-7-8-9-10-11-12-13-14-15-16(17)18;7-5-3-1-2-4-6(5)8;3-1(4)2(5)6;2*1-2(3)4;;;;;;/h2*2-15H2,1H3,(H,17,18);5-8H,1-4H2;(H,3,4)(H,5,6);2*1H3,(H,3,4);2*1H;2*1H2;;/q;;-2;;;;;;2*-1;+2;+4/p-2. The summed E-state index contributed by atoms with van der Waals surface area (Å²) in [4.78, 5) is 56.8. The Bertz CT molecular complexity index is 917. The first-order valence-electron chi connectivity index (χ1n) is 22.4. The first kappa shape index (κ1) is 82.7. The van der Waals surface area contributed by atoms with Crippen LogP contribution in [0.5, 0.6) is 0 Å². The van der Waals surface area contributed by atoms with Crippen molar-refractivity contribution in [2.75, 3.05) is 0 Å². The molecule has 1 saturated carbocycles. The molecular formula is C44H90Cl2N4O12Pt2. The van der Waals surface area contributed by atoms with E-state index in [0.29, 0.717) is 12.8 Å². The molecule has 0 aromatic heterocycles. The van der Waals surface area contributed by atoms with Gasteiger partial charge in [0.1, 0.15) is 0 Å². The van der Waals surface area contributed by atoms with Crippen molar-refractivity contribution in [1.82, 2.24) is 0 Å². The SMILES string of the molecule is CC(=O)O.CC(=O)O.CCCCCCCCCCCCCCCC(=O)O.CCCCCCCCCCCCCCCC(=O)O.O=C(O)C(=O)O.[Cl][Pt+2][Cl].[NH-]C1CCCCC1[NH-].[NH2-].[NH2-].[Pt+2]. The van der Waals surface area contributed by atoms with Gasteiger partial charge >= 0.3 is 80.3 Å². The Morgan fingerprint density at radius 3 is 0.719 bits per heavy atom. The summed E-state index contributed by atoms with van der Waals surface area (Å²) in [7, 11) is 9.75. The second-order valence-electron chi connectivity index (χ2n) is 15.0. The predicted octanol–water partition coefficient (Wildman–Crippen LogP) is 15.7. The quantitative estimate of drug-likeness (QED) is 0.0314. The molecular weight excluding hydrogens is 1240 g/mol. The van der Waals surface area contributed by atoms with Crippen molar-refractivity contribution in [2.24, 2.45) is 0 Å². The molecule has 0 aromatic rings. The molecule has 0 amide bonds. The van der Waals surface area contributed by atoms with E-state index in [2.05, 4.69) is 13.8 Å². The second-order valence-corrected chi connectivity index (χ2v) is 18.2. The van der Waals surface area contributed by atoms with Crippen LogP contribution in [0.2, 0.25) is 0 Å². The Morgan fingerprint density at radius 1 is 0.438 bits per heavy atom. The zero-order chi connectivity index (χ0) is 48.0. The molecule has 0 aliphatic heterocycles. The molecule has 1 rings (SSSR count). The average Bonchev–Trinajstić information content (AvgIpc) is 3.17. The van der Waals surface area contributed by atoms with E-state index in [0.717, 1.165) is 52.4 Å². The van der Waals surface area contributed by atoms with Crippen molar-refractivity contribution >= 4 is 54.7 Å². The third-order valence-corrected chi connectivity index (χ3v) is 8.94. The largest absolute Gasteiger partial charge is 2.00 e. The van der Waals surface area contributed by atoms with Gasteiger partial charge in [0.2, 0.25) is 0 Å². The molecule has 0 radical (unpaired) electrons. The predicted molar refractivity (Wildman–Crippen MR) is 255 cm³/mol. The summed E-state index contributed by atoms with van der Waals surface area (Å²) in [6.45, 7) is 6.69. The number of nitrogens with two attached hydrogens (primary N) is 2. The fourth-order valence-electron chi connectivity index (χ4n) is 5.72. The summed E-state index contributed by atoms with van der Waals surface area (Å²) in [6.07, 6.45) is 38.8. The van der Waals surface area contributed by atoms with Gasteiger partial charge in [-0.15, -0.1) is 0 Å². The smallest absolute Gasteiger partial charge is 0.693 e. The van der Waals surface area contributed by atoms with E-state index in [4.69, 9.17) is 80.1 Å². The molecule has 2 atom stereocenters. The van der Waals surface area contributed by atoms with Gasteiger partial charge in [-0.1, -0.05) is 194 Å². The van der Waals surface area contributed by atoms with Crippen molar-refractivity contribution in [3.05, 3.63) is 23.8 Å². The average molecular weight is 1330 g/mol. The van der Waals surface area contributed by atoms with Gasteiger partial charge in [0.15, 0.2) is 0 Å². The van der Waals surface area contributed by atoms with E-state index in [-0.39, 0.29) is 45.5 Å². The minimum absolute atomic E-state index is 0. The first-order chi connectivity index (χ1) is 28.9. The van der Waals surface area contributed by atoms with Crippen molar-refractivity contribution in [1.29, 1.82) is 0 Å². The Balaban J connectivity index is -0.0000000865. The zero-order valence-electron chi connectivity index (χ0n) is 39.5. The molecule has 20 heteroatoms. The molecule has 1 aliphatic carbocycles. The van der Waals surface area contributed by atoms with E-state index in [1.807, 2.05) is 0 Å². The van der Waals surface area contributed by atoms with Crippen molar-refractivity contribution in [3.8, 4) is 0 Å². The maximum Gasteiger partial charge on any atom is 2.00 e. The van der Waals surface area contributed by atoms with Gasteiger partial charge in [0.05, 0.1) is 0 Å². The van der Waals surface area contributed by atoms with Crippen LogP contribution in [0.1, 0.15) is 233 Å². The van der Waals surface area contributed by atoms with Crippen molar-refractivity contribution in [3.63, 3.8) is 0 Å². The molecule has 1 fully saturated rings.